The van der Waals surface area contributed by atoms with Crippen LogP contribution in [-0.2, 0) is 6.54 Å². The molecule has 0 fully saturated rings. The van der Waals surface area contributed by atoms with Crippen LogP contribution in [0, 0.1) is 6.92 Å². The fraction of sp³-hybridized carbons (Fsp3) is 0.500. The Morgan fingerprint density at radius 1 is 1.23 bits per heavy atom. The van der Waals surface area contributed by atoms with Crippen LogP contribution in [0.4, 0.5) is 0 Å². The van der Waals surface area contributed by atoms with Gasteiger partial charge < -0.3 is 16.0 Å². The van der Waals surface area contributed by atoms with E-state index >= 15 is 0 Å². The van der Waals surface area contributed by atoms with Crippen LogP contribution < -0.4 is 16.0 Å². The summed E-state index contributed by atoms with van der Waals surface area (Å²) in [4.78, 5) is 10.2. The van der Waals surface area contributed by atoms with Gasteiger partial charge >= 0.3 is 0 Å². The molecular weight excluding hydrogens is 342 g/mol. The first-order valence-electron chi connectivity index (χ1n) is 9.16. The maximum Gasteiger partial charge on any atom is 0.191 e. The minimum absolute atomic E-state index is 0.0801. The van der Waals surface area contributed by atoms with Crippen molar-refractivity contribution in [3.63, 3.8) is 0 Å². The fourth-order valence-corrected chi connectivity index (χ4v) is 3.44. The summed E-state index contributed by atoms with van der Waals surface area (Å²) in [7, 11) is 0. The molecule has 1 aromatic heterocycles. The van der Waals surface area contributed by atoms with E-state index in [1.807, 2.05) is 12.3 Å². The average molecular weight is 374 g/mol. The van der Waals surface area contributed by atoms with E-state index in [4.69, 9.17) is 0 Å². The summed E-state index contributed by atoms with van der Waals surface area (Å²) in [6.07, 6.45) is 1.90. The lowest BCUT2D eigenvalue weighted by Gasteiger charge is -2.31. The molecule has 142 valence electrons. The molecule has 6 heteroatoms. The van der Waals surface area contributed by atoms with Crippen molar-refractivity contribution in [2.75, 3.05) is 13.1 Å². The summed E-state index contributed by atoms with van der Waals surface area (Å²) in [6, 6.07) is 10.8. The van der Waals surface area contributed by atoms with Crippen LogP contribution >= 0.6 is 11.3 Å². The maximum atomic E-state index is 4.65. The second-order valence-corrected chi connectivity index (χ2v) is 8.39. The molecule has 1 atom stereocenters. The number of thiazole rings is 1. The molecule has 0 aliphatic rings. The molecule has 0 radical (unpaired) electrons. The minimum Gasteiger partial charge on any atom is -0.357 e. The highest BCUT2D eigenvalue weighted by molar-refractivity contribution is 7.11. The van der Waals surface area contributed by atoms with Crippen molar-refractivity contribution in [3.05, 3.63) is 52.0 Å². The van der Waals surface area contributed by atoms with Crippen LogP contribution in [0.3, 0.4) is 0 Å². The van der Waals surface area contributed by atoms with E-state index in [9.17, 15) is 0 Å². The Kier molecular flexibility index (Phi) is 7.60. The predicted molar refractivity (Wildman–Crippen MR) is 112 cm³/mol. The van der Waals surface area contributed by atoms with Crippen molar-refractivity contribution in [3.8, 4) is 0 Å². The van der Waals surface area contributed by atoms with Crippen LogP contribution in [0.2, 0.25) is 0 Å². The summed E-state index contributed by atoms with van der Waals surface area (Å²) in [5, 5.41) is 11.5. The number of nitrogens with one attached hydrogen (secondary N) is 3. The number of rotatable bonds is 8. The van der Waals surface area contributed by atoms with E-state index in [0.29, 0.717) is 6.54 Å². The lowest BCUT2D eigenvalue weighted by molar-refractivity contribution is 0.345. The number of hydrogen-bond acceptors (Lipinski definition) is 4. The quantitative estimate of drug-likeness (QED) is 0.488. The third kappa shape index (κ3) is 6.77. The number of aliphatic imine (C=N–C) groups is 1. The van der Waals surface area contributed by atoms with E-state index in [1.54, 1.807) is 11.3 Å². The molecule has 0 amide bonds. The van der Waals surface area contributed by atoms with Crippen LogP contribution in [0.15, 0.2) is 41.5 Å². The van der Waals surface area contributed by atoms with Gasteiger partial charge in [-0.25, -0.2) is 9.98 Å². The number of hydrogen-bond donors (Lipinski definition) is 3. The van der Waals surface area contributed by atoms with Gasteiger partial charge in [-0.3, -0.25) is 0 Å². The standard InChI is InChI=1S/C20H31N5S/c1-6-21-19(23-13-18-22-12-15(2)26-18)24-14-20(4,5)25-16(3)17-10-8-7-9-11-17/h7-12,16,25H,6,13-14H2,1-5H3,(H2,21,23,24). The molecule has 3 N–H and O–H groups in total. The van der Waals surface area contributed by atoms with E-state index < -0.39 is 0 Å². The summed E-state index contributed by atoms with van der Waals surface area (Å²) in [5.74, 6) is 0.822. The van der Waals surface area contributed by atoms with Crippen LogP contribution in [0.5, 0.6) is 0 Å². The molecule has 0 saturated heterocycles. The fourth-order valence-electron chi connectivity index (χ4n) is 2.73. The molecule has 0 aliphatic heterocycles. The van der Waals surface area contributed by atoms with Crippen molar-refractivity contribution >= 4 is 17.3 Å². The Bertz CT molecular complexity index is 693. The van der Waals surface area contributed by atoms with Crippen LogP contribution in [-0.4, -0.2) is 29.6 Å². The van der Waals surface area contributed by atoms with Crippen molar-refractivity contribution < 1.29 is 0 Å². The lowest BCUT2D eigenvalue weighted by Crippen LogP contribution is -2.52. The van der Waals surface area contributed by atoms with Crippen LogP contribution in [0.1, 0.15) is 49.2 Å². The van der Waals surface area contributed by atoms with Crippen molar-refractivity contribution in [2.45, 2.75) is 52.7 Å². The highest BCUT2D eigenvalue weighted by atomic mass is 32.1. The second-order valence-electron chi connectivity index (χ2n) is 7.07. The molecule has 2 aromatic rings. The normalized spacial score (nSPS) is 13.5. The van der Waals surface area contributed by atoms with Gasteiger partial charge in [-0.1, -0.05) is 30.3 Å². The summed E-state index contributed by atoms with van der Waals surface area (Å²) in [5.41, 5.74) is 1.21. The first-order valence-corrected chi connectivity index (χ1v) is 9.97. The SMILES string of the molecule is CCNC(=NCc1ncc(C)s1)NCC(C)(C)NC(C)c1ccccc1. The Hall–Kier alpha value is -1.92. The topological polar surface area (TPSA) is 61.3 Å². The molecule has 0 saturated carbocycles. The van der Waals surface area contributed by atoms with Gasteiger partial charge in [0, 0.05) is 35.7 Å². The highest BCUT2D eigenvalue weighted by Gasteiger charge is 2.21. The number of aromatic nitrogens is 1. The molecule has 2 rings (SSSR count). The summed E-state index contributed by atoms with van der Waals surface area (Å²) >= 11 is 1.69. The van der Waals surface area contributed by atoms with Gasteiger partial charge in [0.25, 0.3) is 0 Å². The summed E-state index contributed by atoms with van der Waals surface area (Å²) < 4.78 is 0. The van der Waals surface area contributed by atoms with Crippen molar-refractivity contribution in [1.82, 2.24) is 20.9 Å². The van der Waals surface area contributed by atoms with Crippen LogP contribution in [0.25, 0.3) is 0 Å². The number of nitrogens with zero attached hydrogens (tertiary/aromatic N) is 2. The Balaban J connectivity index is 1.91. The zero-order valence-corrected chi connectivity index (χ0v) is 17.3. The number of benzene rings is 1. The Morgan fingerprint density at radius 3 is 2.58 bits per heavy atom. The highest BCUT2D eigenvalue weighted by Crippen LogP contribution is 2.16. The van der Waals surface area contributed by atoms with E-state index in [0.717, 1.165) is 24.1 Å². The molecule has 0 aliphatic carbocycles. The first kappa shape index (κ1) is 20.4. The lowest BCUT2D eigenvalue weighted by atomic mass is 10.0. The zero-order valence-electron chi connectivity index (χ0n) is 16.5. The van der Waals surface area contributed by atoms with Crippen molar-refractivity contribution in [1.29, 1.82) is 0 Å². The molecule has 0 spiro atoms. The third-order valence-corrected chi connectivity index (χ3v) is 4.89. The van der Waals surface area contributed by atoms with Gasteiger partial charge in [0.15, 0.2) is 5.96 Å². The monoisotopic (exact) mass is 373 g/mol. The largest absolute Gasteiger partial charge is 0.357 e. The Morgan fingerprint density at radius 2 is 1.96 bits per heavy atom. The van der Waals surface area contributed by atoms with Gasteiger partial charge in [-0.05, 0) is 40.2 Å². The molecule has 1 aromatic carbocycles. The molecule has 5 nitrogen and oxygen atoms in total. The van der Waals surface area contributed by atoms with Gasteiger partial charge in [0.1, 0.15) is 5.01 Å². The first-order chi connectivity index (χ1) is 12.4. The van der Waals surface area contributed by atoms with Gasteiger partial charge in [0.05, 0.1) is 6.54 Å². The number of aryl methyl sites for hydroxylation is 1. The summed E-state index contributed by atoms with van der Waals surface area (Å²) in [6.45, 7) is 12.9. The molecule has 1 heterocycles. The minimum atomic E-state index is -0.0801. The van der Waals surface area contributed by atoms with Gasteiger partial charge in [0.2, 0.25) is 0 Å². The second kappa shape index (κ2) is 9.69. The van der Waals surface area contributed by atoms with Crippen molar-refractivity contribution in [2.24, 2.45) is 4.99 Å². The molecule has 0 bridgehead atoms. The predicted octanol–water partition coefficient (Wildman–Crippen LogP) is 3.64. The van der Waals surface area contributed by atoms with Gasteiger partial charge in [-0.2, -0.15) is 0 Å². The van der Waals surface area contributed by atoms with E-state index in [1.165, 1.54) is 10.4 Å². The maximum absolute atomic E-state index is 4.65. The van der Waals surface area contributed by atoms with E-state index in [2.05, 4.69) is 84.8 Å². The average Bonchev–Trinajstić information content (AvgIpc) is 3.03. The molecule has 26 heavy (non-hydrogen) atoms. The third-order valence-electron chi connectivity index (χ3n) is 3.99. The molecule has 1 unspecified atom stereocenters. The van der Waals surface area contributed by atoms with Gasteiger partial charge in [-0.15, -0.1) is 11.3 Å². The zero-order chi connectivity index (χ0) is 19.0. The Labute approximate surface area is 161 Å². The van der Waals surface area contributed by atoms with E-state index in [-0.39, 0.29) is 11.6 Å². The molecular formula is C20H31N5S. The smallest absolute Gasteiger partial charge is 0.191 e. The number of guanidine groups is 1.